The first-order chi connectivity index (χ1) is 9.54. The number of alkyl halides is 6. The molecule has 1 aromatic rings. The van der Waals surface area contributed by atoms with Gasteiger partial charge in [0, 0.05) is 0 Å². The molecule has 0 saturated heterocycles. The minimum Gasteiger partial charge on any atom is -0.491 e. The summed E-state index contributed by atoms with van der Waals surface area (Å²) >= 11 is 0. The van der Waals surface area contributed by atoms with E-state index >= 15 is 0 Å². The first kappa shape index (κ1) is 17.6. The quantitative estimate of drug-likeness (QED) is 0.825. The van der Waals surface area contributed by atoms with Crippen molar-refractivity contribution < 1.29 is 31.1 Å². The van der Waals surface area contributed by atoms with Crippen molar-refractivity contribution in [2.45, 2.75) is 38.2 Å². The molecule has 1 atom stereocenters. The maximum atomic E-state index is 12.6. The summed E-state index contributed by atoms with van der Waals surface area (Å²) in [6.07, 6.45) is -9.28. The lowest BCUT2D eigenvalue weighted by molar-refractivity contribution is -0.143. The zero-order valence-corrected chi connectivity index (χ0v) is 11.2. The molecule has 1 unspecified atom stereocenters. The Bertz CT molecular complexity index is 436. The van der Waals surface area contributed by atoms with Gasteiger partial charge in [-0.1, -0.05) is 0 Å². The fourth-order valence-corrected chi connectivity index (χ4v) is 1.69. The van der Waals surface area contributed by atoms with Crippen LogP contribution in [0.1, 0.15) is 30.9 Å². The van der Waals surface area contributed by atoms with E-state index in [-0.39, 0.29) is 6.07 Å². The lowest BCUT2D eigenvalue weighted by atomic mass is 10.1. The Morgan fingerprint density at radius 1 is 1.00 bits per heavy atom. The predicted octanol–water partition coefficient (Wildman–Crippen LogP) is 4.23. The van der Waals surface area contributed by atoms with Gasteiger partial charge >= 0.3 is 12.4 Å². The molecule has 0 aliphatic carbocycles. The standard InChI is InChI=1S/C13H15F6NO/c1-8(3-2-4-20)21-11-6-9(12(14,15)16)5-10(7-11)13(17,18)19/h5-8H,2-4,20H2,1H3. The van der Waals surface area contributed by atoms with E-state index in [9.17, 15) is 26.3 Å². The van der Waals surface area contributed by atoms with Crippen molar-refractivity contribution in [3.05, 3.63) is 29.3 Å². The van der Waals surface area contributed by atoms with Gasteiger partial charge in [0.15, 0.2) is 0 Å². The van der Waals surface area contributed by atoms with Gasteiger partial charge in [0.25, 0.3) is 0 Å². The molecule has 0 radical (unpaired) electrons. The first-order valence-corrected chi connectivity index (χ1v) is 6.20. The zero-order chi connectivity index (χ0) is 16.3. The molecule has 0 saturated carbocycles. The van der Waals surface area contributed by atoms with Crippen LogP contribution >= 0.6 is 0 Å². The van der Waals surface area contributed by atoms with Crippen LogP contribution in [0, 0.1) is 0 Å². The van der Waals surface area contributed by atoms with Crippen molar-refractivity contribution in [3.8, 4) is 5.75 Å². The van der Waals surface area contributed by atoms with Gasteiger partial charge < -0.3 is 10.5 Å². The summed E-state index contributed by atoms with van der Waals surface area (Å²) in [5, 5.41) is 0. The number of ether oxygens (including phenoxy) is 1. The minimum absolute atomic E-state index is 0.0669. The molecule has 0 aromatic heterocycles. The van der Waals surface area contributed by atoms with Gasteiger partial charge in [-0.3, -0.25) is 0 Å². The average Bonchev–Trinajstić information content (AvgIpc) is 2.34. The van der Waals surface area contributed by atoms with E-state index in [0.29, 0.717) is 31.5 Å². The molecule has 0 aliphatic rings. The molecule has 1 aromatic carbocycles. The van der Waals surface area contributed by atoms with Gasteiger partial charge in [0.2, 0.25) is 0 Å². The van der Waals surface area contributed by atoms with Crippen LogP contribution in [0.15, 0.2) is 18.2 Å². The van der Waals surface area contributed by atoms with E-state index in [1.54, 1.807) is 6.92 Å². The highest BCUT2D eigenvalue weighted by atomic mass is 19.4. The van der Waals surface area contributed by atoms with E-state index < -0.39 is 35.3 Å². The summed E-state index contributed by atoms with van der Waals surface area (Å²) in [5.41, 5.74) is 2.50. The van der Waals surface area contributed by atoms with E-state index in [2.05, 4.69) is 0 Å². The topological polar surface area (TPSA) is 35.2 Å². The monoisotopic (exact) mass is 315 g/mol. The van der Waals surface area contributed by atoms with Crippen molar-refractivity contribution in [1.82, 2.24) is 0 Å². The van der Waals surface area contributed by atoms with Gasteiger partial charge in [0.1, 0.15) is 5.75 Å². The zero-order valence-electron chi connectivity index (χ0n) is 11.2. The Morgan fingerprint density at radius 3 is 1.86 bits per heavy atom. The Morgan fingerprint density at radius 2 is 1.48 bits per heavy atom. The highest BCUT2D eigenvalue weighted by molar-refractivity contribution is 5.37. The van der Waals surface area contributed by atoms with Gasteiger partial charge in [-0.05, 0) is 44.5 Å². The van der Waals surface area contributed by atoms with Gasteiger partial charge in [0.05, 0.1) is 17.2 Å². The second-order valence-electron chi connectivity index (χ2n) is 4.60. The Hall–Kier alpha value is -1.44. The fourth-order valence-electron chi connectivity index (χ4n) is 1.69. The lowest BCUT2D eigenvalue weighted by Crippen LogP contribution is -2.16. The summed E-state index contributed by atoms with van der Waals surface area (Å²) in [5.74, 6) is -0.457. The third-order valence-electron chi connectivity index (χ3n) is 2.71. The minimum atomic E-state index is -4.88. The molecule has 120 valence electrons. The SMILES string of the molecule is CC(CCCN)Oc1cc(C(F)(F)F)cc(C(F)(F)F)c1. The van der Waals surface area contributed by atoms with Crippen molar-refractivity contribution in [1.29, 1.82) is 0 Å². The number of benzene rings is 1. The van der Waals surface area contributed by atoms with Crippen LogP contribution in [0.2, 0.25) is 0 Å². The van der Waals surface area contributed by atoms with Gasteiger partial charge in [-0.2, -0.15) is 26.3 Å². The normalized spacial score (nSPS) is 14.1. The van der Waals surface area contributed by atoms with Crippen molar-refractivity contribution in [2.24, 2.45) is 5.73 Å². The average molecular weight is 315 g/mol. The maximum absolute atomic E-state index is 12.6. The summed E-state index contributed by atoms with van der Waals surface area (Å²) < 4.78 is 81.0. The van der Waals surface area contributed by atoms with Crippen LogP contribution in [0.5, 0.6) is 5.75 Å². The second kappa shape index (κ2) is 6.55. The lowest BCUT2D eigenvalue weighted by Gasteiger charge is -2.18. The maximum Gasteiger partial charge on any atom is 0.416 e. The number of rotatable bonds is 5. The van der Waals surface area contributed by atoms with E-state index in [4.69, 9.17) is 10.5 Å². The van der Waals surface area contributed by atoms with E-state index in [1.807, 2.05) is 0 Å². The Balaban J connectivity index is 3.08. The molecule has 0 fully saturated rings. The van der Waals surface area contributed by atoms with E-state index in [0.717, 1.165) is 0 Å². The van der Waals surface area contributed by atoms with Crippen molar-refractivity contribution >= 4 is 0 Å². The molecule has 0 heterocycles. The van der Waals surface area contributed by atoms with Crippen LogP contribution < -0.4 is 10.5 Å². The molecular formula is C13H15F6NO. The van der Waals surface area contributed by atoms with Gasteiger partial charge in [-0.15, -0.1) is 0 Å². The summed E-state index contributed by atoms with van der Waals surface area (Å²) in [6.45, 7) is 1.92. The summed E-state index contributed by atoms with van der Waals surface area (Å²) in [6, 6.07) is 1.19. The molecule has 8 heteroatoms. The second-order valence-corrected chi connectivity index (χ2v) is 4.60. The van der Waals surface area contributed by atoms with Crippen molar-refractivity contribution in [2.75, 3.05) is 6.54 Å². The van der Waals surface area contributed by atoms with E-state index in [1.165, 1.54) is 0 Å². The summed E-state index contributed by atoms with van der Waals surface area (Å²) in [4.78, 5) is 0. The fraction of sp³-hybridized carbons (Fsp3) is 0.538. The van der Waals surface area contributed by atoms with Gasteiger partial charge in [-0.25, -0.2) is 0 Å². The molecule has 1 rings (SSSR count). The number of hydrogen-bond donors (Lipinski definition) is 1. The van der Waals surface area contributed by atoms with Crippen LogP contribution in [0.4, 0.5) is 26.3 Å². The van der Waals surface area contributed by atoms with Crippen LogP contribution in [-0.2, 0) is 12.4 Å². The third kappa shape index (κ3) is 5.45. The van der Waals surface area contributed by atoms with Crippen LogP contribution in [-0.4, -0.2) is 12.6 Å². The highest BCUT2D eigenvalue weighted by Gasteiger charge is 2.37. The molecule has 0 bridgehead atoms. The Labute approximate surface area is 117 Å². The highest BCUT2D eigenvalue weighted by Crippen LogP contribution is 2.38. The third-order valence-corrected chi connectivity index (χ3v) is 2.71. The largest absolute Gasteiger partial charge is 0.491 e. The number of halogens is 6. The molecule has 0 amide bonds. The first-order valence-electron chi connectivity index (χ1n) is 6.20. The summed E-state index contributed by atoms with van der Waals surface area (Å²) in [7, 11) is 0. The Kier molecular flexibility index (Phi) is 5.49. The molecular weight excluding hydrogens is 300 g/mol. The van der Waals surface area contributed by atoms with Crippen LogP contribution in [0.3, 0.4) is 0 Å². The molecule has 2 nitrogen and oxygen atoms in total. The number of nitrogens with two attached hydrogens (primary N) is 1. The molecule has 21 heavy (non-hydrogen) atoms. The molecule has 2 N–H and O–H groups in total. The molecule has 0 spiro atoms. The molecule has 0 aliphatic heterocycles. The predicted molar refractivity (Wildman–Crippen MR) is 64.8 cm³/mol. The van der Waals surface area contributed by atoms with Crippen LogP contribution in [0.25, 0.3) is 0 Å². The number of hydrogen-bond acceptors (Lipinski definition) is 2. The van der Waals surface area contributed by atoms with Crippen molar-refractivity contribution in [3.63, 3.8) is 0 Å². The smallest absolute Gasteiger partial charge is 0.416 e.